The second kappa shape index (κ2) is 4.49. The molecule has 3 nitrogen and oxygen atoms in total. The summed E-state index contributed by atoms with van der Waals surface area (Å²) in [6.45, 7) is 8.12. The summed E-state index contributed by atoms with van der Waals surface area (Å²) in [7, 11) is 0. The van der Waals surface area contributed by atoms with Crippen molar-refractivity contribution in [2.45, 2.75) is 39.4 Å². The molecule has 0 unspecified atom stereocenters. The van der Waals surface area contributed by atoms with Crippen LogP contribution < -0.4 is 5.32 Å². The Morgan fingerprint density at radius 3 is 2.24 bits per heavy atom. The quantitative estimate of drug-likeness (QED) is 0.845. The summed E-state index contributed by atoms with van der Waals surface area (Å²) in [5, 5.41) is 3.23. The highest BCUT2D eigenvalue weighted by Gasteiger charge is 2.23. The molecular formula is C14H20N2O. The van der Waals surface area contributed by atoms with Crippen molar-refractivity contribution in [3.63, 3.8) is 0 Å². The summed E-state index contributed by atoms with van der Waals surface area (Å²) in [5.74, 6) is 0.177. The normalized spacial score (nSPS) is 14.9. The third-order valence-electron chi connectivity index (χ3n) is 2.96. The molecule has 0 saturated carbocycles. The minimum absolute atomic E-state index is 0.0117. The van der Waals surface area contributed by atoms with Gasteiger partial charge in [0.25, 0.3) is 0 Å². The molecule has 0 spiro atoms. The molecule has 3 heteroatoms. The van der Waals surface area contributed by atoms with Gasteiger partial charge in [-0.05, 0) is 31.9 Å². The maximum atomic E-state index is 12.0. The van der Waals surface area contributed by atoms with Crippen LogP contribution in [0.4, 0.5) is 0 Å². The summed E-state index contributed by atoms with van der Waals surface area (Å²) < 4.78 is 0. The van der Waals surface area contributed by atoms with Gasteiger partial charge in [-0.1, -0.05) is 24.3 Å². The van der Waals surface area contributed by atoms with Gasteiger partial charge in [-0.2, -0.15) is 0 Å². The number of carbonyl (C=O) groups excluding carboxylic acids is 1. The summed E-state index contributed by atoms with van der Waals surface area (Å²) in [5.41, 5.74) is 2.54. The lowest BCUT2D eigenvalue weighted by Crippen LogP contribution is -2.43. The topological polar surface area (TPSA) is 32.3 Å². The molecule has 1 aromatic carbocycles. The van der Waals surface area contributed by atoms with Crippen molar-refractivity contribution in [3.05, 3.63) is 35.4 Å². The number of rotatable bonds is 2. The van der Waals surface area contributed by atoms with Gasteiger partial charge in [0.05, 0.1) is 6.54 Å². The monoisotopic (exact) mass is 232 g/mol. The number of amides is 1. The molecule has 92 valence electrons. The van der Waals surface area contributed by atoms with E-state index in [9.17, 15) is 4.79 Å². The van der Waals surface area contributed by atoms with E-state index in [2.05, 4.69) is 38.2 Å². The summed E-state index contributed by atoms with van der Waals surface area (Å²) in [6.07, 6.45) is 0. The number of hydrogen-bond donors (Lipinski definition) is 1. The number of benzene rings is 1. The van der Waals surface area contributed by atoms with Gasteiger partial charge >= 0.3 is 0 Å². The Bertz CT molecular complexity index is 395. The average Bonchev–Trinajstić information content (AvgIpc) is 2.68. The van der Waals surface area contributed by atoms with Crippen LogP contribution in [-0.2, 0) is 17.9 Å². The molecule has 1 aliphatic heterocycles. The van der Waals surface area contributed by atoms with E-state index >= 15 is 0 Å². The Morgan fingerprint density at radius 1 is 1.24 bits per heavy atom. The zero-order valence-electron chi connectivity index (χ0n) is 10.8. The lowest BCUT2D eigenvalue weighted by molar-refractivity contribution is -0.131. The van der Waals surface area contributed by atoms with Crippen LogP contribution in [0, 0.1) is 0 Å². The van der Waals surface area contributed by atoms with Gasteiger partial charge in [0, 0.05) is 18.6 Å². The maximum absolute atomic E-state index is 12.0. The lowest BCUT2D eigenvalue weighted by Gasteiger charge is -2.22. The van der Waals surface area contributed by atoms with Crippen molar-refractivity contribution in [3.8, 4) is 0 Å². The fourth-order valence-corrected chi connectivity index (χ4v) is 1.96. The molecule has 1 amide bonds. The van der Waals surface area contributed by atoms with Crippen LogP contribution in [-0.4, -0.2) is 22.9 Å². The van der Waals surface area contributed by atoms with Crippen LogP contribution in [0.2, 0.25) is 0 Å². The van der Waals surface area contributed by atoms with E-state index in [4.69, 9.17) is 0 Å². The van der Waals surface area contributed by atoms with Crippen LogP contribution in [0.15, 0.2) is 24.3 Å². The van der Waals surface area contributed by atoms with E-state index in [0.717, 1.165) is 13.1 Å². The first-order chi connectivity index (χ1) is 7.96. The summed E-state index contributed by atoms with van der Waals surface area (Å²) in [6, 6.07) is 8.25. The summed E-state index contributed by atoms with van der Waals surface area (Å²) >= 11 is 0. The van der Waals surface area contributed by atoms with Crippen molar-refractivity contribution in [2.75, 3.05) is 6.54 Å². The number of nitrogens with zero attached hydrogens (tertiary/aromatic N) is 1. The third kappa shape index (κ3) is 3.07. The van der Waals surface area contributed by atoms with E-state index in [0.29, 0.717) is 6.54 Å². The van der Waals surface area contributed by atoms with E-state index in [1.54, 1.807) is 0 Å². The number of fused-ring (bicyclic) bond motifs is 1. The highest BCUT2D eigenvalue weighted by molar-refractivity contribution is 5.79. The van der Waals surface area contributed by atoms with Gasteiger partial charge in [-0.25, -0.2) is 0 Å². The van der Waals surface area contributed by atoms with Gasteiger partial charge in [0.15, 0.2) is 0 Å². The maximum Gasteiger partial charge on any atom is 0.237 e. The molecule has 2 rings (SSSR count). The largest absolute Gasteiger partial charge is 0.333 e. The molecule has 17 heavy (non-hydrogen) atoms. The van der Waals surface area contributed by atoms with Gasteiger partial charge in [-0.3, -0.25) is 4.79 Å². The molecule has 0 saturated heterocycles. The van der Waals surface area contributed by atoms with Crippen LogP contribution in [0.1, 0.15) is 31.9 Å². The fourth-order valence-electron chi connectivity index (χ4n) is 1.96. The minimum Gasteiger partial charge on any atom is -0.333 e. The Balaban J connectivity index is 1.92. The van der Waals surface area contributed by atoms with Crippen LogP contribution in [0.25, 0.3) is 0 Å². The first-order valence-electron chi connectivity index (χ1n) is 6.05. The van der Waals surface area contributed by atoms with Crippen molar-refractivity contribution in [2.24, 2.45) is 0 Å². The smallest absolute Gasteiger partial charge is 0.237 e. The third-order valence-corrected chi connectivity index (χ3v) is 2.96. The first kappa shape index (κ1) is 12.1. The van der Waals surface area contributed by atoms with Crippen LogP contribution >= 0.6 is 0 Å². The Labute approximate surface area is 103 Å². The molecule has 0 fully saturated rings. The standard InChI is InChI=1S/C14H20N2O/c1-14(2,3)15-8-13(17)16-9-11-6-4-5-7-12(11)10-16/h4-7,15H,8-10H2,1-3H3. The Hall–Kier alpha value is -1.35. The minimum atomic E-state index is -0.0117. The van der Waals surface area contributed by atoms with Gasteiger partial charge in [-0.15, -0.1) is 0 Å². The SMILES string of the molecule is CC(C)(C)NCC(=O)N1Cc2ccccc2C1. The van der Waals surface area contributed by atoms with Crippen LogP contribution in [0.5, 0.6) is 0 Å². The molecule has 1 aliphatic rings. The highest BCUT2D eigenvalue weighted by atomic mass is 16.2. The number of hydrogen-bond acceptors (Lipinski definition) is 2. The second-order valence-corrected chi connectivity index (χ2v) is 5.62. The Kier molecular flexibility index (Phi) is 3.20. The van der Waals surface area contributed by atoms with Gasteiger partial charge in [0.2, 0.25) is 5.91 Å². The predicted molar refractivity (Wildman–Crippen MR) is 68.5 cm³/mol. The predicted octanol–water partition coefficient (Wildman–Crippen LogP) is 1.92. The fraction of sp³-hybridized carbons (Fsp3) is 0.500. The van der Waals surface area contributed by atoms with Crippen molar-refractivity contribution in [1.82, 2.24) is 10.2 Å². The van der Waals surface area contributed by atoms with Gasteiger partial charge < -0.3 is 10.2 Å². The Morgan fingerprint density at radius 2 is 1.76 bits per heavy atom. The molecule has 0 radical (unpaired) electrons. The molecule has 0 bridgehead atoms. The number of carbonyl (C=O) groups is 1. The molecule has 0 atom stereocenters. The average molecular weight is 232 g/mol. The van der Waals surface area contributed by atoms with E-state index < -0.39 is 0 Å². The van der Waals surface area contributed by atoms with E-state index in [1.807, 2.05) is 17.0 Å². The molecule has 1 N–H and O–H groups in total. The number of nitrogens with one attached hydrogen (secondary N) is 1. The van der Waals surface area contributed by atoms with Crippen molar-refractivity contribution in [1.29, 1.82) is 0 Å². The van der Waals surface area contributed by atoms with E-state index in [-0.39, 0.29) is 11.4 Å². The molecule has 1 aromatic rings. The summed E-state index contributed by atoms with van der Waals surface area (Å²) in [4.78, 5) is 13.9. The van der Waals surface area contributed by atoms with Crippen molar-refractivity contribution >= 4 is 5.91 Å². The molecule has 0 aromatic heterocycles. The highest BCUT2D eigenvalue weighted by Crippen LogP contribution is 2.21. The zero-order valence-corrected chi connectivity index (χ0v) is 10.8. The van der Waals surface area contributed by atoms with Crippen molar-refractivity contribution < 1.29 is 4.79 Å². The van der Waals surface area contributed by atoms with Crippen LogP contribution in [0.3, 0.4) is 0 Å². The molecule has 0 aliphatic carbocycles. The first-order valence-corrected chi connectivity index (χ1v) is 6.05. The zero-order chi connectivity index (χ0) is 12.5. The molecular weight excluding hydrogens is 212 g/mol. The molecule has 1 heterocycles. The second-order valence-electron chi connectivity index (χ2n) is 5.62. The van der Waals surface area contributed by atoms with E-state index in [1.165, 1.54) is 11.1 Å². The lowest BCUT2D eigenvalue weighted by atomic mass is 10.1. The van der Waals surface area contributed by atoms with Gasteiger partial charge in [0.1, 0.15) is 0 Å².